The van der Waals surface area contributed by atoms with E-state index >= 15 is 0 Å². The summed E-state index contributed by atoms with van der Waals surface area (Å²) in [7, 11) is 3.11. The van der Waals surface area contributed by atoms with Crippen LogP contribution < -0.4 is 11.1 Å². The molecule has 7 N–H and O–H groups in total. The fourth-order valence-electron chi connectivity index (χ4n) is 6.47. The molecule has 1 amide bonds. The predicted molar refractivity (Wildman–Crippen MR) is 139 cm³/mol. The first-order valence-electron chi connectivity index (χ1n) is 12.6. The monoisotopic (exact) mass is 539 g/mol. The molecule has 2 aromatic rings. The Balaban J connectivity index is 1.67. The van der Waals surface area contributed by atoms with Crippen LogP contribution in [0.4, 0.5) is 4.39 Å². The summed E-state index contributed by atoms with van der Waals surface area (Å²) < 4.78 is 12.5. The van der Waals surface area contributed by atoms with Gasteiger partial charge in [-0.05, 0) is 55.4 Å². The number of alkyl halides is 1. The number of carbonyl (C=O) groups excluding carboxylic acids is 3. The second-order valence-electron chi connectivity index (χ2n) is 10.6. The number of hydrogen-bond acceptors (Lipinski definition) is 9. The van der Waals surface area contributed by atoms with Gasteiger partial charge in [-0.3, -0.25) is 19.3 Å². The van der Waals surface area contributed by atoms with Crippen LogP contribution in [0.2, 0.25) is 0 Å². The molecule has 0 spiro atoms. The van der Waals surface area contributed by atoms with Crippen molar-refractivity contribution in [2.45, 2.75) is 31.0 Å². The number of rotatable bonds is 6. The van der Waals surface area contributed by atoms with Crippen LogP contribution in [-0.4, -0.2) is 81.8 Å². The van der Waals surface area contributed by atoms with Crippen molar-refractivity contribution in [3.8, 4) is 5.75 Å². The molecule has 39 heavy (non-hydrogen) atoms. The van der Waals surface area contributed by atoms with Crippen molar-refractivity contribution >= 4 is 34.0 Å². The van der Waals surface area contributed by atoms with Gasteiger partial charge in [0.1, 0.15) is 29.5 Å². The number of aliphatic hydroxyl groups excluding tert-OH is 2. The number of Topliss-reactive ketones (excluding diaryl/α,β-unsaturated/α-hetero) is 2. The molecular formula is C28H30FN3O7. The molecule has 5 rings (SSSR count). The molecule has 1 fully saturated rings. The lowest BCUT2D eigenvalue weighted by Crippen LogP contribution is -2.65. The molecule has 0 radical (unpaired) electrons. The third-order valence-corrected chi connectivity index (χ3v) is 8.19. The fourth-order valence-corrected chi connectivity index (χ4v) is 6.47. The van der Waals surface area contributed by atoms with Gasteiger partial charge in [-0.1, -0.05) is 18.2 Å². The van der Waals surface area contributed by atoms with Gasteiger partial charge in [-0.15, -0.1) is 0 Å². The minimum atomic E-state index is -2.67. The Morgan fingerprint density at radius 1 is 1.21 bits per heavy atom. The van der Waals surface area contributed by atoms with Crippen molar-refractivity contribution in [2.75, 3.05) is 27.3 Å². The van der Waals surface area contributed by atoms with Gasteiger partial charge in [0.2, 0.25) is 5.78 Å². The Bertz CT molecular complexity index is 1500. The van der Waals surface area contributed by atoms with E-state index in [2.05, 4.69) is 5.32 Å². The number of amides is 1. The van der Waals surface area contributed by atoms with Crippen LogP contribution >= 0.6 is 0 Å². The summed E-state index contributed by atoms with van der Waals surface area (Å²) in [4.78, 5) is 40.6. The number of aliphatic hydroxyl groups is 3. The second-order valence-corrected chi connectivity index (χ2v) is 10.6. The number of primary amides is 1. The summed E-state index contributed by atoms with van der Waals surface area (Å²) in [5.74, 6) is -6.79. The number of ketones is 2. The van der Waals surface area contributed by atoms with E-state index in [9.17, 15) is 39.2 Å². The van der Waals surface area contributed by atoms with Gasteiger partial charge < -0.3 is 31.5 Å². The fraction of sp³-hybridized carbons (Fsp3) is 0.393. The smallest absolute Gasteiger partial charge is 0.255 e. The molecule has 0 bridgehead atoms. The average Bonchev–Trinajstić information content (AvgIpc) is 2.86. The SMILES string of the molecule is CN(C)[C@@H]1C(=O)C(C(N)=O)=C(O)[C@@]2(O)C(=O)C3=C(O)c4c(cc5ccc(CNCCF)cc5c4O)C[C@H]3C[C@@H]12. The highest BCUT2D eigenvalue weighted by Crippen LogP contribution is 2.53. The highest BCUT2D eigenvalue weighted by molar-refractivity contribution is 6.24. The predicted octanol–water partition coefficient (Wildman–Crippen LogP) is 1.18. The van der Waals surface area contributed by atoms with Gasteiger partial charge in [0.25, 0.3) is 5.91 Å². The number of phenolic OH excluding ortho intramolecular Hbond substituents is 1. The maximum Gasteiger partial charge on any atom is 0.255 e. The number of halogens is 1. The number of carbonyl (C=O) groups is 3. The second kappa shape index (κ2) is 9.44. The molecule has 0 saturated heterocycles. The van der Waals surface area contributed by atoms with Gasteiger partial charge in [-0.2, -0.15) is 0 Å². The van der Waals surface area contributed by atoms with E-state index in [0.717, 1.165) is 5.56 Å². The van der Waals surface area contributed by atoms with E-state index < -0.39 is 64.7 Å². The van der Waals surface area contributed by atoms with Gasteiger partial charge in [0.15, 0.2) is 11.4 Å². The summed E-state index contributed by atoms with van der Waals surface area (Å²) in [6.07, 6.45) is 0.252. The molecule has 10 nitrogen and oxygen atoms in total. The average molecular weight is 540 g/mol. The molecular weight excluding hydrogens is 509 g/mol. The van der Waals surface area contributed by atoms with Crippen LogP contribution in [0, 0.1) is 11.8 Å². The number of nitrogens with zero attached hydrogens (tertiary/aromatic N) is 1. The van der Waals surface area contributed by atoms with Crippen LogP contribution in [0.25, 0.3) is 16.5 Å². The minimum Gasteiger partial charge on any atom is -0.508 e. The van der Waals surface area contributed by atoms with E-state index in [1.807, 2.05) is 6.07 Å². The molecule has 0 unspecified atom stereocenters. The number of likely N-dealkylation sites (N-methyl/N-ethyl adjacent to an activating group) is 1. The maximum atomic E-state index is 13.9. The van der Waals surface area contributed by atoms with Crippen molar-refractivity contribution in [3.05, 3.63) is 57.9 Å². The molecule has 2 aromatic carbocycles. The molecule has 3 aliphatic rings. The maximum absolute atomic E-state index is 13.9. The first-order valence-corrected chi connectivity index (χ1v) is 12.6. The third-order valence-electron chi connectivity index (χ3n) is 8.19. The zero-order valence-corrected chi connectivity index (χ0v) is 21.5. The first-order chi connectivity index (χ1) is 18.4. The number of hydrogen-bond donors (Lipinski definition) is 6. The van der Waals surface area contributed by atoms with Crippen molar-refractivity contribution in [3.63, 3.8) is 0 Å². The lowest BCUT2D eigenvalue weighted by molar-refractivity contribution is -0.153. The zero-order chi connectivity index (χ0) is 28.4. The van der Waals surface area contributed by atoms with Gasteiger partial charge in [-0.25, -0.2) is 4.39 Å². The molecule has 0 aromatic heterocycles. The topological polar surface area (TPSA) is 173 Å². The molecule has 3 aliphatic carbocycles. The third kappa shape index (κ3) is 3.83. The minimum absolute atomic E-state index is 0.0315. The summed E-state index contributed by atoms with van der Waals surface area (Å²) in [6, 6.07) is 6.03. The van der Waals surface area contributed by atoms with E-state index in [1.54, 1.807) is 32.3 Å². The normalized spacial score (nSPS) is 26.6. The Hall–Kier alpha value is -3.80. The number of nitrogens with two attached hydrogens (primary N) is 1. The summed E-state index contributed by atoms with van der Waals surface area (Å²) in [6.45, 7) is 0.0108. The van der Waals surface area contributed by atoms with Crippen LogP contribution in [0.3, 0.4) is 0 Å². The van der Waals surface area contributed by atoms with Crippen molar-refractivity contribution in [1.29, 1.82) is 0 Å². The standard InChI is InChI=1S/C28H30FN3O7/c1-32(2)21-17-10-15-9-14-8-13-4-3-12(11-31-6-5-29)7-16(13)22(33)18(14)23(34)19(15)25(36)28(17,39)26(37)20(24(21)35)27(30)38/h3-4,7-8,15,17,21,31,33-34,37,39H,5-6,9-11H2,1-2H3,(H2,30,38)/t15-,17-,21-,28-/m0/s1. The Morgan fingerprint density at radius 3 is 2.56 bits per heavy atom. The largest absolute Gasteiger partial charge is 0.508 e. The number of phenols is 1. The Kier molecular flexibility index (Phi) is 6.48. The number of benzene rings is 2. The molecule has 11 heteroatoms. The molecule has 0 aliphatic heterocycles. The van der Waals surface area contributed by atoms with E-state index in [1.165, 1.54) is 4.90 Å². The lowest BCUT2D eigenvalue weighted by atomic mass is 9.57. The Labute approximate surface area is 223 Å². The molecule has 0 heterocycles. The van der Waals surface area contributed by atoms with Crippen molar-refractivity contribution in [1.82, 2.24) is 10.2 Å². The van der Waals surface area contributed by atoms with E-state index in [4.69, 9.17) is 5.73 Å². The first kappa shape index (κ1) is 26.8. The summed E-state index contributed by atoms with van der Waals surface area (Å²) in [5, 5.41) is 49.2. The number of fused-ring (bicyclic) bond motifs is 4. The highest BCUT2D eigenvalue weighted by atomic mass is 19.1. The lowest BCUT2D eigenvalue weighted by Gasteiger charge is -2.50. The van der Waals surface area contributed by atoms with Crippen LogP contribution in [0.1, 0.15) is 23.1 Å². The number of aromatic hydroxyl groups is 1. The van der Waals surface area contributed by atoms with Gasteiger partial charge in [0.05, 0.1) is 11.6 Å². The van der Waals surface area contributed by atoms with Crippen molar-refractivity contribution < 1.29 is 39.2 Å². The Morgan fingerprint density at radius 2 is 1.92 bits per heavy atom. The molecule has 206 valence electrons. The summed E-state index contributed by atoms with van der Waals surface area (Å²) in [5.41, 5.74) is 3.01. The van der Waals surface area contributed by atoms with Crippen LogP contribution in [0.5, 0.6) is 5.75 Å². The zero-order valence-electron chi connectivity index (χ0n) is 21.5. The van der Waals surface area contributed by atoms with Gasteiger partial charge >= 0.3 is 0 Å². The molecule has 4 atom stereocenters. The quantitative estimate of drug-likeness (QED) is 0.233. The summed E-state index contributed by atoms with van der Waals surface area (Å²) >= 11 is 0. The highest BCUT2D eigenvalue weighted by Gasteiger charge is 2.64. The van der Waals surface area contributed by atoms with Crippen molar-refractivity contribution in [2.24, 2.45) is 17.6 Å². The molecule has 1 saturated carbocycles. The van der Waals surface area contributed by atoms with Crippen LogP contribution in [0.15, 0.2) is 41.2 Å². The number of nitrogens with one attached hydrogen (secondary N) is 1. The van der Waals surface area contributed by atoms with E-state index in [-0.39, 0.29) is 36.3 Å². The van der Waals surface area contributed by atoms with Gasteiger partial charge in [0, 0.05) is 30.0 Å². The van der Waals surface area contributed by atoms with E-state index in [0.29, 0.717) is 22.9 Å². The van der Waals surface area contributed by atoms with Crippen LogP contribution in [-0.2, 0) is 27.3 Å².